The van der Waals surface area contributed by atoms with Gasteiger partial charge in [0.2, 0.25) is 0 Å². The van der Waals surface area contributed by atoms with E-state index in [2.05, 4.69) is 67.0 Å². The minimum absolute atomic E-state index is 0.151. The van der Waals surface area contributed by atoms with Crippen LogP contribution in [0, 0.1) is 6.92 Å². The number of fused-ring (bicyclic) bond motifs is 1. The van der Waals surface area contributed by atoms with E-state index >= 15 is 0 Å². The number of imidazole rings is 1. The molecule has 0 spiro atoms. The second-order valence-corrected chi connectivity index (χ2v) is 6.77. The van der Waals surface area contributed by atoms with E-state index < -0.39 is 0 Å². The highest BCUT2D eigenvalue weighted by atomic mass is 32.1. The van der Waals surface area contributed by atoms with Crippen LogP contribution in [0.2, 0.25) is 0 Å². The average molecular weight is 277 g/mol. The molecular formula is C15H23N3S. The molecule has 0 fully saturated rings. The standard InChI is InChI=1S/C15H23N3S/c1-6-12(10-16-15(3,4)5)9-13-11(2)17-14-18(13)7-8-19-14/h7-9,16H,6,10H2,1-5H3. The van der Waals surface area contributed by atoms with Gasteiger partial charge in [0.25, 0.3) is 0 Å². The van der Waals surface area contributed by atoms with Gasteiger partial charge in [-0.1, -0.05) is 12.5 Å². The molecule has 0 unspecified atom stereocenters. The van der Waals surface area contributed by atoms with Gasteiger partial charge in [-0.25, -0.2) is 4.98 Å². The van der Waals surface area contributed by atoms with Crippen molar-refractivity contribution in [3.63, 3.8) is 0 Å². The molecule has 0 aliphatic heterocycles. The predicted octanol–water partition coefficient (Wildman–Crippen LogP) is 3.89. The molecule has 0 aromatic carbocycles. The summed E-state index contributed by atoms with van der Waals surface area (Å²) in [4.78, 5) is 5.66. The molecule has 3 nitrogen and oxygen atoms in total. The van der Waals surface area contributed by atoms with E-state index in [4.69, 9.17) is 0 Å². The molecule has 0 saturated heterocycles. The molecule has 1 N–H and O–H groups in total. The molecule has 0 aliphatic rings. The molecule has 4 heteroatoms. The number of hydrogen-bond acceptors (Lipinski definition) is 3. The van der Waals surface area contributed by atoms with Gasteiger partial charge in [-0.2, -0.15) is 0 Å². The molecule has 0 bridgehead atoms. The van der Waals surface area contributed by atoms with E-state index in [-0.39, 0.29) is 5.54 Å². The van der Waals surface area contributed by atoms with Crippen LogP contribution in [0.1, 0.15) is 45.5 Å². The van der Waals surface area contributed by atoms with Crippen molar-refractivity contribution in [2.24, 2.45) is 0 Å². The van der Waals surface area contributed by atoms with Crippen molar-refractivity contribution in [1.82, 2.24) is 14.7 Å². The van der Waals surface area contributed by atoms with E-state index in [0.29, 0.717) is 0 Å². The monoisotopic (exact) mass is 277 g/mol. The van der Waals surface area contributed by atoms with E-state index in [0.717, 1.165) is 23.6 Å². The molecule has 104 valence electrons. The molecular weight excluding hydrogens is 254 g/mol. The third-order valence-electron chi connectivity index (χ3n) is 3.12. The van der Waals surface area contributed by atoms with Gasteiger partial charge in [-0.15, -0.1) is 11.3 Å². The van der Waals surface area contributed by atoms with Gasteiger partial charge in [-0.3, -0.25) is 4.40 Å². The Morgan fingerprint density at radius 3 is 2.84 bits per heavy atom. The van der Waals surface area contributed by atoms with Gasteiger partial charge in [0.1, 0.15) is 0 Å². The number of rotatable bonds is 4. The quantitative estimate of drug-likeness (QED) is 0.919. The second kappa shape index (κ2) is 5.47. The van der Waals surface area contributed by atoms with Crippen molar-refractivity contribution in [3.8, 4) is 0 Å². The van der Waals surface area contributed by atoms with Crippen LogP contribution < -0.4 is 5.32 Å². The number of hydrogen-bond donors (Lipinski definition) is 1. The summed E-state index contributed by atoms with van der Waals surface area (Å²) in [7, 11) is 0. The lowest BCUT2D eigenvalue weighted by molar-refractivity contribution is 0.443. The summed E-state index contributed by atoms with van der Waals surface area (Å²) in [6.45, 7) is 11.8. The minimum Gasteiger partial charge on any atom is -0.308 e. The fourth-order valence-corrected chi connectivity index (χ4v) is 2.70. The largest absolute Gasteiger partial charge is 0.308 e. The third kappa shape index (κ3) is 3.45. The molecule has 19 heavy (non-hydrogen) atoms. The van der Waals surface area contributed by atoms with Gasteiger partial charge < -0.3 is 5.32 Å². The van der Waals surface area contributed by atoms with Crippen LogP contribution in [0.25, 0.3) is 11.0 Å². The molecule has 2 aromatic rings. The first-order valence-corrected chi connectivity index (χ1v) is 7.65. The Morgan fingerprint density at radius 2 is 2.21 bits per heavy atom. The predicted molar refractivity (Wildman–Crippen MR) is 83.8 cm³/mol. The molecule has 2 aromatic heterocycles. The van der Waals surface area contributed by atoms with Crippen molar-refractivity contribution in [2.75, 3.05) is 6.54 Å². The third-order valence-corrected chi connectivity index (χ3v) is 3.88. The summed E-state index contributed by atoms with van der Waals surface area (Å²) in [5.41, 5.74) is 3.88. The number of aromatic nitrogens is 2. The Labute approximate surface area is 119 Å². The van der Waals surface area contributed by atoms with Crippen molar-refractivity contribution < 1.29 is 0 Å². The number of nitrogens with zero attached hydrogens (tertiary/aromatic N) is 2. The molecule has 2 rings (SSSR count). The summed E-state index contributed by atoms with van der Waals surface area (Å²) >= 11 is 1.68. The van der Waals surface area contributed by atoms with E-state index in [9.17, 15) is 0 Å². The maximum absolute atomic E-state index is 4.59. The average Bonchev–Trinajstić information content (AvgIpc) is 2.85. The Morgan fingerprint density at radius 1 is 1.47 bits per heavy atom. The fraction of sp³-hybridized carbons (Fsp3) is 0.533. The molecule has 0 radical (unpaired) electrons. The number of aryl methyl sites for hydroxylation is 1. The zero-order valence-electron chi connectivity index (χ0n) is 12.4. The van der Waals surface area contributed by atoms with E-state index in [1.807, 2.05) is 0 Å². The summed E-state index contributed by atoms with van der Waals surface area (Å²) in [6.07, 6.45) is 5.43. The van der Waals surface area contributed by atoms with Gasteiger partial charge in [-0.05, 0) is 40.2 Å². The second-order valence-electron chi connectivity index (χ2n) is 5.90. The Bertz CT molecular complexity index is 584. The number of nitrogens with one attached hydrogen (secondary N) is 1. The van der Waals surface area contributed by atoms with Crippen molar-refractivity contribution in [2.45, 2.75) is 46.6 Å². The summed E-state index contributed by atoms with van der Waals surface area (Å²) in [6, 6.07) is 0. The van der Waals surface area contributed by atoms with Crippen LogP contribution in [0.4, 0.5) is 0 Å². The molecule has 0 saturated carbocycles. The smallest absolute Gasteiger partial charge is 0.194 e. The van der Waals surface area contributed by atoms with Crippen LogP contribution in [-0.2, 0) is 0 Å². The lowest BCUT2D eigenvalue weighted by atomic mass is 10.1. The Hall–Kier alpha value is -1.13. The fourth-order valence-electron chi connectivity index (χ4n) is 1.94. The first-order valence-electron chi connectivity index (χ1n) is 6.77. The highest BCUT2D eigenvalue weighted by Gasteiger charge is 2.11. The van der Waals surface area contributed by atoms with Crippen molar-refractivity contribution >= 4 is 22.4 Å². The zero-order chi connectivity index (χ0) is 14.0. The molecule has 2 heterocycles. The van der Waals surface area contributed by atoms with Crippen molar-refractivity contribution in [1.29, 1.82) is 0 Å². The lowest BCUT2D eigenvalue weighted by Crippen LogP contribution is -2.37. The van der Waals surface area contributed by atoms with Crippen molar-refractivity contribution in [3.05, 3.63) is 28.5 Å². The van der Waals surface area contributed by atoms with Crippen LogP contribution >= 0.6 is 11.3 Å². The maximum Gasteiger partial charge on any atom is 0.194 e. The van der Waals surface area contributed by atoms with Crippen LogP contribution in [0.3, 0.4) is 0 Å². The number of thiazole rings is 1. The Kier molecular flexibility index (Phi) is 4.11. The first-order chi connectivity index (χ1) is 8.90. The molecule has 0 aliphatic carbocycles. The normalized spacial score (nSPS) is 13.4. The highest BCUT2D eigenvalue weighted by molar-refractivity contribution is 7.15. The van der Waals surface area contributed by atoms with E-state index in [1.54, 1.807) is 11.3 Å². The maximum atomic E-state index is 4.59. The summed E-state index contributed by atoms with van der Waals surface area (Å²) < 4.78 is 2.17. The van der Waals surface area contributed by atoms with Crippen LogP contribution in [-0.4, -0.2) is 21.5 Å². The molecule has 0 amide bonds. The lowest BCUT2D eigenvalue weighted by Gasteiger charge is -2.21. The summed E-state index contributed by atoms with van der Waals surface area (Å²) in [5, 5.41) is 5.63. The SMILES string of the molecule is CCC(=Cc1c(C)nc2sccn12)CNC(C)(C)C. The minimum atomic E-state index is 0.151. The topological polar surface area (TPSA) is 29.3 Å². The van der Waals surface area contributed by atoms with E-state index in [1.165, 1.54) is 11.3 Å². The van der Waals surface area contributed by atoms with Gasteiger partial charge >= 0.3 is 0 Å². The Balaban J connectivity index is 2.26. The molecule has 0 atom stereocenters. The van der Waals surface area contributed by atoms with Gasteiger partial charge in [0, 0.05) is 23.7 Å². The van der Waals surface area contributed by atoms with Crippen LogP contribution in [0.15, 0.2) is 17.2 Å². The van der Waals surface area contributed by atoms with Gasteiger partial charge in [0.05, 0.1) is 11.4 Å². The van der Waals surface area contributed by atoms with Crippen LogP contribution in [0.5, 0.6) is 0 Å². The highest BCUT2D eigenvalue weighted by Crippen LogP contribution is 2.20. The zero-order valence-corrected chi connectivity index (χ0v) is 13.3. The first kappa shape index (κ1) is 14.3. The summed E-state index contributed by atoms with van der Waals surface area (Å²) in [5.74, 6) is 0. The van der Waals surface area contributed by atoms with Gasteiger partial charge in [0.15, 0.2) is 4.96 Å².